The van der Waals surface area contributed by atoms with Gasteiger partial charge in [0.15, 0.2) is 0 Å². The first kappa shape index (κ1) is 21.9. The molecule has 23 heavy (non-hydrogen) atoms. The van der Waals surface area contributed by atoms with Crippen molar-refractivity contribution < 1.29 is 19.1 Å². The molecule has 0 heterocycles. The molecule has 0 aliphatic carbocycles. The van der Waals surface area contributed by atoms with Crippen molar-refractivity contribution in [2.45, 2.75) is 92.6 Å². The Bertz CT molecular complexity index is 347. The quantitative estimate of drug-likeness (QED) is 0.378. The van der Waals surface area contributed by atoms with E-state index in [4.69, 9.17) is 9.47 Å². The van der Waals surface area contributed by atoms with Crippen LogP contribution in [0.1, 0.15) is 86.5 Å². The van der Waals surface area contributed by atoms with Crippen molar-refractivity contribution in [3.8, 4) is 0 Å². The average molecular weight is 328 g/mol. The van der Waals surface area contributed by atoms with E-state index < -0.39 is 17.5 Å². The van der Waals surface area contributed by atoms with E-state index >= 15 is 0 Å². The van der Waals surface area contributed by atoms with Gasteiger partial charge >= 0.3 is 11.9 Å². The van der Waals surface area contributed by atoms with Crippen molar-refractivity contribution in [3.63, 3.8) is 0 Å². The predicted molar refractivity (Wildman–Crippen MR) is 93.1 cm³/mol. The first-order valence-electron chi connectivity index (χ1n) is 9.14. The fourth-order valence-corrected chi connectivity index (χ4v) is 2.40. The normalized spacial score (nSPS) is 13.0. The number of hydrogen-bond donors (Lipinski definition) is 0. The molecule has 0 saturated carbocycles. The number of ether oxygens (including phenoxy) is 2. The number of hydrogen-bond acceptors (Lipinski definition) is 4. The summed E-state index contributed by atoms with van der Waals surface area (Å²) in [7, 11) is 0. The Morgan fingerprint density at radius 1 is 0.957 bits per heavy atom. The van der Waals surface area contributed by atoms with E-state index in [0.29, 0.717) is 6.61 Å². The molecular formula is C19H36O4. The molecule has 0 aromatic carbocycles. The van der Waals surface area contributed by atoms with Gasteiger partial charge in [0.1, 0.15) is 0 Å². The summed E-state index contributed by atoms with van der Waals surface area (Å²) in [4.78, 5) is 24.3. The van der Waals surface area contributed by atoms with Crippen molar-refractivity contribution in [1.82, 2.24) is 0 Å². The first-order valence-corrected chi connectivity index (χ1v) is 9.14. The second kappa shape index (κ2) is 11.5. The molecule has 1 unspecified atom stereocenters. The van der Waals surface area contributed by atoms with Gasteiger partial charge in [-0.05, 0) is 27.2 Å². The molecule has 0 fully saturated rings. The number of carbonyl (C=O) groups is 2. The predicted octanol–water partition coefficient (Wildman–Crippen LogP) is 4.89. The molecule has 0 N–H and O–H groups in total. The second-order valence-electron chi connectivity index (χ2n) is 7.22. The number of carbonyl (C=O) groups excluding carboxylic acids is 2. The van der Waals surface area contributed by atoms with Crippen LogP contribution in [0.3, 0.4) is 0 Å². The summed E-state index contributed by atoms with van der Waals surface area (Å²) in [5.41, 5.74) is -0.565. The molecule has 0 radical (unpaired) electrons. The van der Waals surface area contributed by atoms with Crippen LogP contribution in [0.2, 0.25) is 0 Å². The molecule has 1 atom stereocenters. The smallest absolute Gasteiger partial charge is 0.347 e. The van der Waals surface area contributed by atoms with Gasteiger partial charge in [0.2, 0.25) is 6.10 Å². The van der Waals surface area contributed by atoms with Gasteiger partial charge in [-0.3, -0.25) is 4.79 Å². The maximum absolute atomic E-state index is 12.4. The maximum Gasteiger partial charge on any atom is 0.347 e. The summed E-state index contributed by atoms with van der Waals surface area (Å²) in [5, 5.41) is 0. The standard InChI is InChI=1S/C19H36O4/c1-7-9-10-11-12-13-14-19(5,6)18(21)23-16(15(3)4)17(20)22-8-2/h15-16H,7-14H2,1-6H3. The lowest BCUT2D eigenvalue weighted by atomic mass is 9.86. The van der Waals surface area contributed by atoms with Crippen LogP contribution < -0.4 is 0 Å². The van der Waals surface area contributed by atoms with E-state index in [1.807, 2.05) is 27.7 Å². The molecule has 0 amide bonds. The van der Waals surface area contributed by atoms with Gasteiger partial charge < -0.3 is 9.47 Å². The van der Waals surface area contributed by atoms with Crippen LogP contribution >= 0.6 is 0 Å². The molecule has 4 nitrogen and oxygen atoms in total. The molecule has 0 bridgehead atoms. The Kier molecular flexibility index (Phi) is 10.9. The average Bonchev–Trinajstić information content (AvgIpc) is 2.47. The fourth-order valence-electron chi connectivity index (χ4n) is 2.40. The van der Waals surface area contributed by atoms with Crippen LogP contribution in [-0.4, -0.2) is 24.6 Å². The lowest BCUT2D eigenvalue weighted by Crippen LogP contribution is -2.38. The Balaban J connectivity index is 4.39. The largest absolute Gasteiger partial charge is 0.463 e. The lowest BCUT2D eigenvalue weighted by Gasteiger charge is -2.27. The first-order chi connectivity index (χ1) is 10.8. The Morgan fingerprint density at radius 2 is 1.52 bits per heavy atom. The van der Waals surface area contributed by atoms with Crippen molar-refractivity contribution in [2.24, 2.45) is 11.3 Å². The van der Waals surface area contributed by atoms with E-state index in [-0.39, 0.29) is 11.9 Å². The van der Waals surface area contributed by atoms with Gasteiger partial charge in [-0.1, -0.05) is 59.3 Å². The van der Waals surface area contributed by atoms with Gasteiger partial charge in [0.05, 0.1) is 12.0 Å². The van der Waals surface area contributed by atoms with Crippen LogP contribution in [0, 0.1) is 11.3 Å². The molecule has 0 saturated heterocycles. The molecule has 0 rings (SSSR count). The van der Waals surface area contributed by atoms with E-state index in [9.17, 15) is 9.59 Å². The highest BCUT2D eigenvalue weighted by atomic mass is 16.6. The van der Waals surface area contributed by atoms with Gasteiger partial charge in [-0.15, -0.1) is 0 Å². The van der Waals surface area contributed by atoms with Crippen LogP contribution in [0.25, 0.3) is 0 Å². The Morgan fingerprint density at radius 3 is 2.04 bits per heavy atom. The van der Waals surface area contributed by atoms with Crippen LogP contribution in [0.4, 0.5) is 0 Å². The third-order valence-electron chi connectivity index (χ3n) is 4.07. The van der Waals surface area contributed by atoms with Gasteiger partial charge in [0.25, 0.3) is 0 Å². The van der Waals surface area contributed by atoms with E-state index in [1.54, 1.807) is 6.92 Å². The van der Waals surface area contributed by atoms with Crippen LogP contribution in [-0.2, 0) is 19.1 Å². The SMILES string of the molecule is CCCCCCCCC(C)(C)C(=O)OC(C(=O)OCC)C(C)C. The highest BCUT2D eigenvalue weighted by molar-refractivity contribution is 5.82. The van der Waals surface area contributed by atoms with E-state index in [1.165, 1.54) is 25.7 Å². The summed E-state index contributed by atoms with van der Waals surface area (Å²) in [5.74, 6) is -0.855. The molecule has 0 aromatic rings. The summed E-state index contributed by atoms with van der Waals surface area (Å²) in [6.07, 6.45) is 7.12. The Hall–Kier alpha value is -1.06. The summed E-state index contributed by atoms with van der Waals surface area (Å²) >= 11 is 0. The lowest BCUT2D eigenvalue weighted by molar-refractivity contribution is -0.176. The molecule has 0 aromatic heterocycles. The maximum atomic E-state index is 12.4. The van der Waals surface area contributed by atoms with Crippen molar-refractivity contribution in [3.05, 3.63) is 0 Å². The number of rotatable bonds is 12. The van der Waals surface area contributed by atoms with Gasteiger partial charge in [-0.2, -0.15) is 0 Å². The minimum atomic E-state index is -0.814. The molecular weight excluding hydrogens is 292 g/mol. The Labute approximate surface area is 142 Å². The van der Waals surface area contributed by atoms with E-state index in [2.05, 4.69) is 6.92 Å². The highest BCUT2D eigenvalue weighted by Crippen LogP contribution is 2.27. The fraction of sp³-hybridized carbons (Fsp3) is 0.895. The zero-order valence-electron chi connectivity index (χ0n) is 15.9. The van der Waals surface area contributed by atoms with Crippen molar-refractivity contribution in [1.29, 1.82) is 0 Å². The van der Waals surface area contributed by atoms with Crippen molar-refractivity contribution >= 4 is 11.9 Å². The number of esters is 2. The third-order valence-corrected chi connectivity index (χ3v) is 4.07. The second-order valence-corrected chi connectivity index (χ2v) is 7.22. The van der Waals surface area contributed by atoms with E-state index in [0.717, 1.165) is 19.3 Å². The topological polar surface area (TPSA) is 52.6 Å². The summed E-state index contributed by atoms with van der Waals surface area (Å²) in [6.45, 7) is 11.7. The van der Waals surface area contributed by atoms with Gasteiger partial charge in [0, 0.05) is 5.92 Å². The molecule has 0 spiro atoms. The van der Waals surface area contributed by atoms with Crippen molar-refractivity contribution in [2.75, 3.05) is 6.61 Å². The molecule has 136 valence electrons. The third kappa shape index (κ3) is 8.97. The molecule has 0 aliphatic heterocycles. The molecule has 0 aliphatic rings. The minimum absolute atomic E-state index is 0.0946. The van der Waals surface area contributed by atoms with Crippen LogP contribution in [0.15, 0.2) is 0 Å². The summed E-state index contributed by atoms with van der Waals surface area (Å²) in [6, 6.07) is 0. The molecule has 4 heteroatoms. The zero-order chi connectivity index (χ0) is 17.9. The zero-order valence-corrected chi connectivity index (χ0v) is 15.9. The highest BCUT2D eigenvalue weighted by Gasteiger charge is 2.35. The number of unbranched alkanes of at least 4 members (excludes halogenated alkanes) is 5. The minimum Gasteiger partial charge on any atom is -0.463 e. The monoisotopic (exact) mass is 328 g/mol. The van der Waals surface area contributed by atoms with Gasteiger partial charge in [-0.25, -0.2) is 4.79 Å². The van der Waals surface area contributed by atoms with Crippen LogP contribution in [0.5, 0.6) is 0 Å². The summed E-state index contributed by atoms with van der Waals surface area (Å²) < 4.78 is 10.5.